The van der Waals surface area contributed by atoms with E-state index in [-0.39, 0.29) is 12.1 Å². The number of amides is 2. The summed E-state index contributed by atoms with van der Waals surface area (Å²) in [4.78, 5) is 12.7. The molecule has 2 N–H and O–H groups in total. The Bertz CT molecular complexity index is 752. The molecule has 1 aromatic rings. The van der Waals surface area contributed by atoms with Crippen molar-refractivity contribution in [2.45, 2.75) is 69.9 Å². The van der Waals surface area contributed by atoms with Crippen molar-refractivity contribution in [3.05, 3.63) is 24.3 Å². The van der Waals surface area contributed by atoms with Crippen LogP contribution in [0.5, 0.6) is 5.75 Å². The third-order valence-electron chi connectivity index (χ3n) is 5.13. The van der Waals surface area contributed by atoms with E-state index in [4.69, 9.17) is 28.4 Å². The summed E-state index contributed by atoms with van der Waals surface area (Å²) >= 11 is 0. The molecule has 9 heteroatoms. The smallest absolute Gasteiger partial charge is 0.319 e. The van der Waals surface area contributed by atoms with Crippen molar-refractivity contribution in [2.75, 3.05) is 19.0 Å². The van der Waals surface area contributed by atoms with Crippen molar-refractivity contribution < 1.29 is 33.2 Å². The summed E-state index contributed by atoms with van der Waals surface area (Å²) in [5.41, 5.74) is 0.640. The van der Waals surface area contributed by atoms with E-state index in [1.807, 2.05) is 27.7 Å². The minimum absolute atomic E-state index is 0.350. The molecule has 3 saturated heterocycles. The number of anilines is 1. The fraction of sp³-hybridized carbons (Fsp3) is 0.650. The second-order valence-electron chi connectivity index (χ2n) is 8.29. The van der Waals surface area contributed by atoms with Gasteiger partial charge in [-0.1, -0.05) is 0 Å². The maximum atomic E-state index is 12.7. The number of ether oxygens (including phenoxy) is 6. The van der Waals surface area contributed by atoms with Crippen LogP contribution in [0, 0.1) is 0 Å². The van der Waals surface area contributed by atoms with Gasteiger partial charge in [0.1, 0.15) is 24.1 Å². The highest BCUT2D eigenvalue weighted by molar-refractivity contribution is 5.89. The number of hydrogen-bond donors (Lipinski definition) is 2. The van der Waals surface area contributed by atoms with Crippen molar-refractivity contribution in [3.63, 3.8) is 0 Å². The van der Waals surface area contributed by atoms with Crippen LogP contribution in [0.3, 0.4) is 0 Å². The standard InChI is InChI=1S/C20H28N2O7/c1-19(2)25-10-13(27-19)15-14(16-17(26-15)29-20(3,4)28-16)22-18(23)21-11-6-8-12(24-5)9-7-11/h6-9,13-17H,10H2,1-5H3,(H2,21,22,23)/t13?,14-,15-,16-,17-/m1/s1. The summed E-state index contributed by atoms with van der Waals surface area (Å²) in [6.45, 7) is 7.68. The van der Waals surface area contributed by atoms with Crippen molar-refractivity contribution >= 4 is 11.7 Å². The van der Waals surface area contributed by atoms with Crippen molar-refractivity contribution in [1.29, 1.82) is 0 Å². The minimum Gasteiger partial charge on any atom is -0.497 e. The van der Waals surface area contributed by atoms with Crippen LogP contribution in [-0.4, -0.2) is 62.0 Å². The summed E-state index contributed by atoms with van der Waals surface area (Å²) < 4.78 is 34.7. The number of methoxy groups -OCH3 is 1. The highest BCUT2D eigenvalue weighted by atomic mass is 16.8. The predicted octanol–water partition coefficient (Wildman–Crippen LogP) is 2.21. The molecule has 0 aromatic heterocycles. The van der Waals surface area contributed by atoms with Gasteiger partial charge in [-0.05, 0) is 52.0 Å². The number of hydrogen-bond acceptors (Lipinski definition) is 7. The topological polar surface area (TPSA) is 96.5 Å². The molecular weight excluding hydrogens is 380 g/mol. The number of carbonyl (C=O) groups is 1. The van der Waals surface area contributed by atoms with Gasteiger partial charge in [-0.25, -0.2) is 4.79 Å². The Labute approximate surface area is 169 Å². The molecule has 0 radical (unpaired) electrons. The summed E-state index contributed by atoms with van der Waals surface area (Å²) in [6.07, 6.45) is -1.86. The number of benzene rings is 1. The molecule has 3 aliphatic rings. The van der Waals surface area contributed by atoms with E-state index >= 15 is 0 Å². The zero-order valence-corrected chi connectivity index (χ0v) is 17.3. The minimum atomic E-state index is -0.793. The maximum Gasteiger partial charge on any atom is 0.319 e. The first kappa shape index (κ1) is 20.4. The van der Waals surface area contributed by atoms with Crippen LogP contribution in [0.15, 0.2) is 24.3 Å². The van der Waals surface area contributed by atoms with Crippen molar-refractivity contribution in [3.8, 4) is 5.75 Å². The zero-order chi connectivity index (χ0) is 20.8. The molecule has 0 bridgehead atoms. The lowest BCUT2D eigenvalue weighted by Gasteiger charge is -2.29. The maximum absolute atomic E-state index is 12.7. The van der Waals surface area contributed by atoms with Crippen molar-refractivity contribution in [2.24, 2.45) is 0 Å². The number of nitrogens with one attached hydrogen (secondary N) is 2. The van der Waals surface area contributed by atoms with E-state index in [0.717, 1.165) is 0 Å². The third-order valence-corrected chi connectivity index (χ3v) is 5.13. The average Bonchev–Trinajstić information content (AvgIpc) is 3.26. The van der Waals surface area contributed by atoms with Crippen LogP contribution in [0.2, 0.25) is 0 Å². The number of carbonyl (C=O) groups excluding carboxylic acids is 1. The Morgan fingerprint density at radius 3 is 2.38 bits per heavy atom. The Kier molecular flexibility index (Phi) is 5.20. The van der Waals surface area contributed by atoms with Crippen molar-refractivity contribution in [1.82, 2.24) is 5.32 Å². The highest BCUT2D eigenvalue weighted by Crippen LogP contribution is 2.40. The molecule has 3 fully saturated rings. The summed E-state index contributed by atoms with van der Waals surface area (Å²) in [5.74, 6) is -0.787. The average molecular weight is 408 g/mol. The first-order valence-electron chi connectivity index (χ1n) is 9.70. The van der Waals surface area contributed by atoms with Crippen LogP contribution in [-0.2, 0) is 23.7 Å². The van der Waals surface area contributed by atoms with E-state index in [1.54, 1.807) is 31.4 Å². The highest BCUT2D eigenvalue weighted by Gasteiger charge is 2.58. The quantitative estimate of drug-likeness (QED) is 0.788. The fourth-order valence-electron chi connectivity index (χ4n) is 3.89. The molecule has 1 unspecified atom stereocenters. The van der Waals surface area contributed by atoms with Gasteiger partial charge >= 0.3 is 6.03 Å². The molecule has 0 aliphatic carbocycles. The van der Waals surface area contributed by atoms with E-state index in [9.17, 15) is 4.79 Å². The van der Waals surface area contributed by atoms with Gasteiger partial charge in [0.15, 0.2) is 17.9 Å². The molecule has 3 aliphatic heterocycles. The number of urea groups is 1. The monoisotopic (exact) mass is 408 g/mol. The van der Waals surface area contributed by atoms with Crippen LogP contribution >= 0.6 is 0 Å². The summed E-state index contributed by atoms with van der Waals surface area (Å²) in [5, 5.41) is 5.79. The van der Waals surface area contributed by atoms with Gasteiger partial charge in [0.2, 0.25) is 0 Å². The number of fused-ring (bicyclic) bond motifs is 1. The molecule has 29 heavy (non-hydrogen) atoms. The van der Waals surface area contributed by atoms with Crippen LogP contribution in [0.1, 0.15) is 27.7 Å². The summed E-state index contributed by atoms with van der Waals surface area (Å²) in [7, 11) is 1.59. The van der Waals surface area contributed by atoms with Gasteiger partial charge in [0.25, 0.3) is 0 Å². The normalized spacial score (nSPS) is 34.6. The lowest BCUT2D eigenvalue weighted by atomic mass is 10.0. The van der Waals surface area contributed by atoms with E-state index in [0.29, 0.717) is 18.0 Å². The fourth-order valence-corrected chi connectivity index (χ4v) is 3.89. The SMILES string of the molecule is COc1ccc(NC(=O)N[C@H]2[C@H]3OC(C)(C)O[C@H]3O[C@@H]2C2COC(C)(C)O2)cc1. The predicted molar refractivity (Wildman–Crippen MR) is 103 cm³/mol. The lowest BCUT2D eigenvalue weighted by Crippen LogP contribution is -2.53. The molecule has 9 nitrogen and oxygen atoms in total. The van der Waals surface area contributed by atoms with Gasteiger partial charge in [0, 0.05) is 5.69 Å². The Hall–Kier alpha value is -1.91. The summed E-state index contributed by atoms with van der Waals surface area (Å²) in [6, 6.07) is 6.23. The Morgan fingerprint density at radius 2 is 1.76 bits per heavy atom. The van der Waals surface area contributed by atoms with Gasteiger partial charge in [-0.3, -0.25) is 0 Å². The lowest BCUT2D eigenvalue weighted by molar-refractivity contribution is -0.223. The van der Waals surface area contributed by atoms with Crippen LogP contribution in [0.4, 0.5) is 10.5 Å². The largest absolute Gasteiger partial charge is 0.497 e. The number of rotatable bonds is 4. The van der Waals surface area contributed by atoms with Gasteiger partial charge < -0.3 is 39.1 Å². The molecule has 160 valence electrons. The van der Waals surface area contributed by atoms with E-state index in [1.165, 1.54) is 0 Å². The third kappa shape index (κ3) is 4.34. The molecule has 4 rings (SSSR count). The van der Waals surface area contributed by atoms with E-state index in [2.05, 4.69) is 10.6 Å². The first-order chi connectivity index (χ1) is 13.7. The molecule has 3 heterocycles. The second kappa shape index (κ2) is 7.41. The van der Waals surface area contributed by atoms with Gasteiger partial charge in [-0.2, -0.15) is 0 Å². The molecular formula is C20H28N2O7. The van der Waals surface area contributed by atoms with E-state index < -0.39 is 36.1 Å². The molecule has 0 saturated carbocycles. The zero-order valence-electron chi connectivity index (χ0n) is 17.3. The van der Waals surface area contributed by atoms with Gasteiger partial charge in [-0.15, -0.1) is 0 Å². The van der Waals surface area contributed by atoms with Gasteiger partial charge in [0.05, 0.1) is 19.8 Å². The van der Waals surface area contributed by atoms with Crippen LogP contribution in [0.25, 0.3) is 0 Å². The first-order valence-corrected chi connectivity index (χ1v) is 9.70. The molecule has 0 spiro atoms. The Morgan fingerprint density at radius 1 is 1.03 bits per heavy atom. The Balaban J connectivity index is 1.47. The molecule has 5 atom stereocenters. The molecule has 1 aromatic carbocycles. The second-order valence-corrected chi connectivity index (χ2v) is 8.29. The van der Waals surface area contributed by atoms with Crippen LogP contribution < -0.4 is 15.4 Å². The molecule has 2 amide bonds.